The Balaban J connectivity index is 1.94. The Labute approximate surface area is 123 Å². The van der Waals surface area contributed by atoms with E-state index in [1.807, 2.05) is 0 Å². The minimum atomic E-state index is -3.20. The second-order valence-corrected chi connectivity index (χ2v) is 7.27. The van der Waals surface area contributed by atoms with Crippen LogP contribution in [0.5, 0.6) is 0 Å². The largest absolute Gasteiger partial charge is 0.444 e. The zero-order valence-corrected chi connectivity index (χ0v) is 12.9. The van der Waals surface area contributed by atoms with Crippen molar-refractivity contribution in [3.63, 3.8) is 0 Å². The first-order valence-corrected chi connectivity index (χ1v) is 7.42. The Kier molecular flexibility index (Phi) is 4.02. The summed E-state index contributed by atoms with van der Waals surface area (Å²) in [5.74, 6) is -4.14. The summed E-state index contributed by atoms with van der Waals surface area (Å²) >= 11 is 0. The van der Waals surface area contributed by atoms with E-state index in [-0.39, 0.29) is 12.8 Å². The standard InChI is InChI=1S/C15H23F2NO3/c1-13(2,3)21-12(20)18-8-6-14(7-9-18)5-4-11(19)15(16,17)10-14/h4-10H2,1-3H3. The van der Waals surface area contributed by atoms with Gasteiger partial charge in [-0.15, -0.1) is 0 Å². The summed E-state index contributed by atoms with van der Waals surface area (Å²) in [4.78, 5) is 24.8. The zero-order chi connectivity index (χ0) is 15.9. The fourth-order valence-electron chi connectivity index (χ4n) is 3.14. The summed E-state index contributed by atoms with van der Waals surface area (Å²) in [5.41, 5.74) is -1.06. The van der Waals surface area contributed by atoms with Crippen LogP contribution in [0.15, 0.2) is 0 Å². The lowest BCUT2D eigenvalue weighted by molar-refractivity contribution is -0.158. The maximum atomic E-state index is 13.7. The average Bonchev–Trinajstić information content (AvgIpc) is 2.33. The van der Waals surface area contributed by atoms with Crippen LogP contribution in [0.25, 0.3) is 0 Å². The van der Waals surface area contributed by atoms with Gasteiger partial charge in [-0.1, -0.05) is 0 Å². The van der Waals surface area contributed by atoms with Crippen molar-refractivity contribution in [1.82, 2.24) is 4.90 Å². The first kappa shape index (κ1) is 16.2. The van der Waals surface area contributed by atoms with Crippen LogP contribution in [-0.4, -0.2) is 41.4 Å². The molecule has 2 rings (SSSR count). The minimum absolute atomic E-state index is 0.0561. The number of alkyl halides is 2. The molecular formula is C15H23F2NO3. The van der Waals surface area contributed by atoms with Crippen molar-refractivity contribution in [2.24, 2.45) is 5.41 Å². The summed E-state index contributed by atoms with van der Waals surface area (Å²) in [5, 5.41) is 0. The van der Waals surface area contributed by atoms with E-state index in [0.717, 1.165) is 0 Å². The molecule has 1 aliphatic carbocycles. The van der Waals surface area contributed by atoms with Crippen LogP contribution < -0.4 is 0 Å². The van der Waals surface area contributed by atoms with Crippen molar-refractivity contribution >= 4 is 11.9 Å². The van der Waals surface area contributed by atoms with E-state index in [2.05, 4.69) is 0 Å². The first-order valence-electron chi connectivity index (χ1n) is 7.42. The van der Waals surface area contributed by atoms with Crippen LogP contribution >= 0.6 is 0 Å². The molecule has 2 aliphatic rings. The third kappa shape index (κ3) is 3.71. The van der Waals surface area contributed by atoms with Gasteiger partial charge < -0.3 is 9.64 Å². The van der Waals surface area contributed by atoms with E-state index >= 15 is 0 Å². The van der Waals surface area contributed by atoms with Gasteiger partial charge in [0, 0.05) is 25.9 Å². The third-order valence-corrected chi connectivity index (χ3v) is 4.36. The van der Waals surface area contributed by atoms with Crippen molar-refractivity contribution in [1.29, 1.82) is 0 Å². The van der Waals surface area contributed by atoms with Crippen molar-refractivity contribution < 1.29 is 23.1 Å². The van der Waals surface area contributed by atoms with Crippen LogP contribution in [0.3, 0.4) is 0 Å². The Hall–Kier alpha value is -1.20. The molecule has 2 fully saturated rings. The third-order valence-electron chi connectivity index (χ3n) is 4.36. The number of hydrogen-bond acceptors (Lipinski definition) is 3. The highest BCUT2D eigenvalue weighted by atomic mass is 19.3. The van der Waals surface area contributed by atoms with Gasteiger partial charge >= 0.3 is 12.0 Å². The number of halogens is 2. The molecule has 21 heavy (non-hydrogen) atoms. The quantitative estimate of drug-likeness (QED) is 0.689. The molecule has 6 heteroatoms. The Morgan fingerprint density at radius 2 is 1.76 bits per heavy atom. The second kappa shape index (κ2) is 5.21. The van der Waals surface area contributed by atoms with E-state index in [1.54, 1.807) is 25.7 Å². The SMILES string of the molecule is CC(C)(C)OC(=O)N1CCC2(CCC(=O)C(F)(F)C2)CC1. The van der Waals surface area contributed by atoms with Gasteiger partial charge in [-0.2, -0.15) is 8.78 Å². The lowest BCUT2D eigenvalue weighted by Crippen LogP contribution is -2.50. The normalized spacial score (nSPS) is 25.0. The van der Waals surface area contributed by atoms with Crippen LogP contribution in [0, 0.1) is 5.41 Å². The van der Waals surface area contributed by atoms with Crippen LogP contribution in [0.4, 0.5) is 13.6 Å². The summed E-state index contributed by atoms with van der Waals surface area (Å²) in [6.07, 6.45) is 0.699. The number of carbonyl (C=O) groups is 2. The molecule has 1 heterocycles. The molecule has 1 spiro atoms. The van der Waals surface area contributed by atoms with Gasteiger partial charge in [-0.3, -0.25) is 4.79 Å². The fourth-order valence-corrected chi connectivity index (χ4v) is 3.14. The van der Waals surface area contributed by atoms with Crippen LogP contribution in [-0.2, 0) is 9.53 Å². The van der Waals surface area contributed by atoms with Gasteiger partial charge in [0.25, 0.3) is 0 Å². The van der Waals surface area contributed by atoms with Gasteiger partial charge in [0.2, 0.25) is 5.78 Å². The van der Waals surface area contributed by atoms with Gasteiger partial charge in [-0.05, 0) is 45.4 Å². The number of ether oxygens (including phenoxy) is 1. The highest BCUT2D eigenvalue weighted by Gasteiger charge is 2.52. The van der Waals surface area contributed by atoms with Gasteiger partial charge in [-0.25, -0.2) is 4.79 Å². The number of ketones is 1. The molecule has 0 N–H and O–H groups in total. The average molecular weight is 303 g/mol. The molecule has 0 bridgehead atoms. The number of piperidine rings is 1. The van der Waals surface area contributed by atoms with E-state index in [1.165, 1.54) is 0 Å². The molecule has 0 aromatic rings. The predicted molar refractivity (Wildman–Crippen MR) is 73.3 cm³/mol. The van der Waals surface area contributed by atoms with E-state index in [9.17, 15) is 18.4 Å². The number of hydrogen-bond donors (Lipinski definition) is 0. The van der Waals surface area contributed by atoms with Crippen molar-refractivity contribution in [2.75, 3.05) is 13.1 Å². The molecule has 1 aliphatic heterocycles. The lowest BCUT2D eigenvalue weighted by atomic mass is 9.66. The van der Waals surface area contributed by atoms with Crippen molar-refractivity contribution in [2.45, 2.75) is 64.4 Å². The fraction of sp³-hybridized carbons (Fsp3) is 0.867. The number of rotatable bonds is 0. The molecule has 1 saturated heterocycles. The van der Waals surface area contributed by atoms with E-state index in [0.29, 0.717) is 32.4 Å². The number of carbonyl (C=O) groups excluding carboxylic acids is 2. The Morgan fingerprint density at radius 3 is 2.24 bits per heavy atom. The summed E-state index contributed by atoms with van der Waals surface area (Å²) in [6.45, 7) is 6.22. The Bertz CT molecular complexity index is 435. The highest BCUT2D eigenvalue weighted by molar-refractivity contribution is 5.86. The highest BCUT2D eigenvalue weighted by Crippen LogP contribution is 2.48. The van der Waals surface area contributed by atoms with Gasteiger partial charge in [0.05, 0.1) is 0 Å². The zero-order valence-electron chi connectivity index (χ0n) is 12.9. The van der Waals surface area contributed by atoms with E-state index < -0.39 is 28.8 Å². The predicted octanol–water partition coefficient (Wildman–Crippen LogP) is 3.39. The summed E-state index contributed by atoms with van der Waals surface area (Å²) in [7, 11) is 0. The minimum Gasteiger partial charge on any atom is -0.444 e. The molecular weight excluding hydrogens is 280 g/mol. The topological polar surface area (TPSA) is 46.6 Å². The molecule has 0 aromatic heterocycles. The molecule has 4 nitrogen and oxygen atoms in total. The molecule has 1 amide bonds. The van der Waals surface area contributed by atoms with Crippen LogP contribution in [0.2, 0.25) is 0 Å². The van der Waals surface area contributed by atoms with Crippen molar-refractivity contribution in [3.05, 3.63) is 0 Å². The number of likely N-dealkylation sites (tertiary alicyclic amines) is 1. The number of nitrogens with zero attached hydrogens (tertiary/aromatic N) is 1. The molecule has 0 aromatic carbocycles. The summed E-state index contributed by atoms with van der Waals surface area (Å²) < 4.78 is 32.6. The Morgan fingerprint density at radius 1 is 1.19 bits per heavy atom. The van der Waals surface area contributed by atoms with Crippen molar-refractivity contribution in [3.8, 4) is 0 Å². The smallest absolute Gasteiger partial charge is 0.410 e. The molecule has 0 unspecified atom stereocenters. The molecule has 0 atom stereocenters. The second-order valence-electron chi connectivity index (χ2n) is 7.27. The van der Waals surface area contributed by atoms with E-state index in [4.69, 9.17) is 4.74 Å². The van der Waals surface area contributed by atoms with Crippen LogP contribution in [0.1, 0.15) is 52.9 Å². The number of amides is 1. The maximum absolute atomic E-state index is 13.7. The maximum Gasteiger partial charge on any atom is 0.410 e. The lowest BCUT2D eigenvalue weighted by Gasteiger charge is -2.45. The molecule has 1 saturated carbocycles. The monoisotopic (exact) mass is 303 g/mol. The van der Waals surface area contributed by atoms with Gasteiger partial charge in [0.15, 0.2) is 0 Å². The molecule has 120 valence electrons. The van der Waals surface area contributed by atoms with Gasteiger partial charge in [0.1, 0.15) is 5.60 Å². The number of Topliss-reactive ketones (excluding diaryl/α,β-unsaturated/α-hetero) is 1. The molecule has 0 radical (unpaired) electrons. The first-order chi connectivity index (χ1) is 9.53. The summed E-state index contributed by atoms with van der Waals surface area (Å²) in [6, 6.07) is 0.